The Hall–Kier alpha value is -3.07. The summed E-state index contributed by atoms with van der Waals surface area (Å²) in [5, 5.41) is 0.523. The molecule has 3 aliphatic rings. The normalized spacial score (nSPS) is 20.6. The average Bonchev–Trinajstić information content (AvgIpc) is 3.45. The molecule has 1 N–H and O–H groups in total. The van der Waals surface area contributed by atoms with Crippen molar-refractivity contribution in [1.82, 2.24) is 19.8 Å². The van der Waals surface area contributed by atoms with Gasteiger partial charge in [-0.3, -0.25) is 14.1 Å². The second-order valence-corrected chi connectivity index (χ2v) is 14.7. The monoisotopic (exact) mass is 695 g/mol. The molecule has 0 radical (unpaired) electrons. The van der Waals surface area contributed by atoms with Crippen molar-refractivity contribution < 1.29 is 36.4 Å². The van der Waals surface area contributed by atoms with Gasteiger partial charge in [-0.15, -0.1) is 0 Å². The van der Waals surface area contributed by atoms with Crippen LogP contribution in [0.2, 0.25) is 5.02 Å². The maximum atomic E-state index is 15.0. The Bertz CT molecular complexity index is 1490. The van der Waals surface area contributed by atoms with Gasteiger partial charge in [0.05, 0.1) is 55.9 Å². The van der Waals surface area contributed by atoms with E-state index >= 15 is 0 Å². The minimum absolute atomic E-state index is 0.0850. The van der Waals surface area contributed by atoms with Crippen molar-refractivity contribution in [2.24, 2.45) is 5.92 Å². The van der Waals surface area contributed by atoms with E-state index in [1.54, 1.807) is 34.3 Å². The Morgan fingerprint density at radius 1 is 1.04 bits per heavy atom. The lowest BCUT2D eigenvalue weighted by molar-refractivity contribution is -0.150. The molecule has 2 amide bonds. The molecule has 258 valence electrons. The Labute approximate surface area is 280 Å². The summed E-state index contributed by atoms with van der Waals surface area (Å²) in [7, 11) is -4.04. The summed E-state index contributed by atoms with van der Waals surface area (Å²) in [4.78, 5) is 40.0. The minimum Gasteiger partial charge on any atom is -0.493 e. The molecule has 12 nitrogen and oxygen atoms in total. The maximum Gasteiger partial charge on any atom is 0.264 e. The number of carbonyl (C=O) groups excluding carboxylic acids is 2. The highest BCUT2D eigenvalue weighted by molar-refractivity contribution is 7.85. The Morgan fingerprint density at radius 2 is 1.77 bits per heavy atom. The first-order chi connectivity index (χ1) is 22.5. The van der Waals surface area contributed by atoms with Gasteiger partial charge in [0.25, 0.3) is 10.1 Å². The first-order valence-corrected chi connectivity index (χ1v) is 18.3. The summed E-state index contributed by atoms with van der Waals surface area (Å²) in [5.74, 6) is 0.560. The highest BCUT2D eigenvalue weighted by Gasteiger charge is 2.45. The first kappa shape index (κ1) is 35.2. The van der Waals surface area contributed by atoms with Crippen molar-refractivity contribution in [3.63, 3.8) is 0 Å². The van der Waals surface area contributed by atoms with E-state index in [2.05, 4.69) is 14.9 Å². The SMILES string of the molecule is O=C(CCCCS(=O)(=O)O)N1CCOC2(CCN(C(=O)Cc3ccc(OCCCC4CCN(c5ncc(Cl)cn5)CC4)cc3F)C2)C1. The van der Waals surface area contributed by atoms with Crippen LogP contribution >= 0.6 is 11.6 Å². The number of hydrogen-bond donors (Lipinski definition) is 1. The smallest absolute Gasteiger partial charge is 0.264 e. The van der Waals surface area contributed by atoms with Crippen molar-refractivity contribution in [1.29, 1.82) is 0 Å². The lowest BCUT2D eigenvalue weighted by atomic mass is 9.92. The number of ether oxygens (including phenoxy) is 2. The Kier molecular flexibility index (Phi) is 11.9. The summed E-state index contributed by atoms with van der Waals surface area (Å²) < 4.78 is 57.5. The van der Waals surface area contributed by atoms with Gasteiger partial charge in [-0.1, -0.05) is 17.7 Å². The fourth-order valence-corrected chi connectivity index (χ4v) is 7.24. The van der Waals surface area contributed by atoms with Gasteiger partial charge in [0.2, 0.25) is 17.8 Å². The van der Waals surface area contributed by atoms with E-state index in [1.807, 2.05) is 0 Å². The number of piperidine rings is 1. The van der Waals surface area contributed by atoms with Crippen molar-refractivity contribution >= 4 is 39.5 Å². The van der Waals surface area contributed by atoms with Crippen molar-refractivity contribution in [2.45, 2.75) is 63.4 Å². The van der Waals surface area contributed by atoms with Crippen LogP contribution in [0.1, 0.15) is 56.9 Å². The molecule has 3 saturated heterocycles. The molecule has 15 heteroatoms. The zero-order valence-electron chi connectivity index (χ0n) is 26.5. The molecule has 1 spiro atoms. The number of amides is 2. The highest BCUT2D eigenvalue weighted by Crippen LogP contribution is 2.31. The topological polar surface area (TPSA) is 142 Å². The second kappa shape index (κ2) is 15.9. The van der Waals surface area contributed by atoms with E-state index in [9.17, 15) is 22.4 Å². The maximum absolute atomic E-state index is 15.0. The largest absolute Gasteiger partial charge is 0.493 e. The second-order valence-electron chi connectivity index (χ2n) is 12.7. The number of halogens is 2. The van der Waals surface area contributed by atoms with E-state index in [0.29, 0.717) is 80.4 Å². The van der Waals surface area contributed by atoms with Gasteiger partial charge in [0.1, 0.15) is 17.2 Å². The molecule has 0 saturated carbocycles. The molecule has 4 heterocycles. The number of morpholine rings is 1. The molecule has 3 aliphatic heterocycles. The van der Waals surface area contributed by atoms with Crippen LogP contribution in [0.25, 0.3) is 0 Å². The van der Waals surface area contributed by atoms with Crippen molar-refractivity contribution in [2.75, 3.05) is 63.1 Å². The molecule has 1 unspecified atom stereocenters. The summed E-state index contributed by atoms with van der Waals surface area (Å²) in [6, 6.07) is 4.64. The summed E-state index contributed by atoms with van der Waals surface area (Å²) in [5.41, 5.74) is -0.373. The van der Waals surface area contributed by atoms with Gasteiger partial charge >= 0.3 is 0 Å². The third-order valence-corrected chi connectivity index (χ3v) is 10.2. The number of anilines is 1. The zero-order chi connectivity index (χ0) is 33.4. The van der Waals surface area contributed by atoms with Crippen LogP contribution in [-0.4, -0.2) is 108 Å². The van der Waals surface area contributed by atoms with E-state index < -0.39 is 21.5 Å². The van der Waals surface area contributed by atoms with Crippen LogP contribution in [0.15, 0.2) is 30.6 Å². The predicted octanol–water partition coefficient (Wildman–Crippen LogP) is 3.78. The Balaban J connectivity index is 1.01. The number of benzene rings is 1. The number of rotatable bonds is 13. The van der Waals surface area contributed by atoms with Gasteiger partial charge in [-0.25, -0.2) is 14.4 Å². The summed E-state index contributed by atoms with van der Waals surface area (Å²) in [6.45, 7) is 4.14. The minimum atomic E-state index is -4.04. The average molecular weight is 696 g/mol. The van der Waals surface area contributed by atoms with Crippen LogP contribution < -0.4 is 9.64 Å². The van der Waals surface area contributed by atoms with E-state index in [4.69, 9.17) is 25.6 Å². The van der Waals surface area contributed by atoms with Crippen LogP contribution in [0, 0.1) is 11.7 Å². The van der Waals surface area contributed by atoms with E-state index in [-0.39, 0.29) is 36.8 Å². The number of unbranched alkanes of at least 4 members (excludes halogenated alkanes) is 1. The zero-order valence-corrected chi connectivity index (χ0v) is 28.1. The molecule has 1 atom stereocenters. The van der Waals surface area contributed by atoms with Gasteiger partial charge in [0.15, 0.2) is 0 Å². The Morgan fingerprint density at radius 3 is 2.47 bits per heavy atom. The van der Waals surface area contributed by atoms with Crippen LogP contribution in [-0.2, 0) is 30.9 Å². The molecule has 2 aromatic rings. The number of nitrogens with zero attached hydrogens (tertiary/aromatic N) is 5. The van der Waals surface area contributed by atoms with Crippen molar-refractivity contribution in [3.05, 3.63) is 47.0 Å². The third kappa shape index (κ3) is 10.2. The number of likely N-dealkylation sites (tertiary alicyclic amines) is 1. The fraction of sp³-hybridized carbons (Fsp3) is 0.625. The molecule has 5 rings (SSSR count). The van der Waals surface area contributed by atoms with Gasteiger partial charge in [-0.2, -0.15) is 8.42 Å². The lowest BCUT2D eigenvalue weighted by Crippen LogP contribution is -2.55. The molecule has 1 aromatic carbocycles. The third-order valence-electron chi connectivity index (χ3n) is 9.21. The van der Waals surface area contributed by atoms with Crippen LogP contribution in [0.5, 0.6) is 5.75 Å². The van der Waals surface area contributed by atoms with Crippen molar-refractivity contribution in [3.8, 4) is 5.75 Å². The van der Waals surface area contributed by atoms with Gasteiger partial charge in [0, 0.05) is 38.7 Å². The van der Waals surface area contributed by atoms with Gasteiger partial charge in [-0.05, 0) is 62.5 Å². The summed E-state index contributed by atoms with van der Waals surface area (Å²) >= 11 is 5.89. The van der Waals surface area contributed by atoms with E-state index in [0.717, 1.165) is 38.8 Å². The molecular formula is C32H43ClFN5O7S. The van der Waals surface area contributed by atoms with Gasteiger partial charge < -0.3 is 24.2 Å². The lowest BCUT2D eigenvalue weighted by Gasteiger charge is -2.40. The van der Waals surface area contributed by atoms with Crippen LogP contribution in [0.4, 0.5) is 10.3 Å². The molecular weight excluding hydrogens is 653 g/mol. The molecule has 47 heavy (non-hydrogen) atoms. The highest BCUT2D eigenvalue weighted by atomic mass is 35.5. The standard InChI is InChI=1S/C32H43ClFN5O7S/c33-26-20-35-31(36-21-26)37-11-8-24(9-12-37)4-3-15-45-27-7-6-25(28(34)19-27)18-30(41)38-13-10-32(22-38)23-39(14-16-46-32)29(40)5-1-2-17-47(42,43)44/h6-7,19-21,24H,1-5,8-18,22-23H2,(H,42,43,44). The number of carbonyl (C=O) groups is 2. The molecule has 0 aliphatic carbocycles. The fourth-order valence-electron chi connectivity index (χ4n) is 6.57. The predicted molar refractivity (Wildman–Crippen MR) is 174 cm³/mol. The van der Waals surface area contributed by atoms with E-state index in [1.165, 1.54) is 6.07 Å². The number of hydrogen-bond acceptors (Lipinski definition) is 9. The quantitative estimate of drug-likeness (QED) is 0.243. The van der Waals surface area contributed by atoms with Crippen LogP contribution in [0.3, 0.4) is 0 Å². The molecule has 0 bridgehead atoms. The first-order valence-electron chi connectivity index (χ1n) is 16.3. The molecule has 1 aromatic heterocycles. The number of aromatic nitrogens is 2. The molecule has 3 fully saturated rings. The summed E-state index contributed by atoms with van der Waals surface area (Å²) in [6.07, 6.45) is 8.42.